The smallest absolute Gasteiger partial charge is 0.0699 e. The zero-order valence-corrected chi connectivity index (χ0v) is 10.5. The number of hydrogen-bond acceptors (Lipinski definition) is 1. The quantitative estimate of drug-likeness (QED) is 0.702. The van der Waals surface area contributed by atoms with E-state index in [0.717, 1.165) is 0 Å². The van der Waals surface area contributed by atoms with Gasteiger partial charge in [-0.15, -0.1) is 0 Å². The lowest BCUT2D eigenvalue weighted by Crippen LogP contribution is -2.22. The maximum Gasteiger partial charge on any atom is 0.0699 e. The Kier molecular flexibility index (Phi) is 2.75. The average Bonchev–Trinajstić information content (AvgIpc) is 2.66. The molecule has 86 valence electrons. The SMILES string of the molecule is CC1C=CC=CC1c1ccn(C(C)(C)C)n1. The molecule has 1 aromatic rings. The van der Waals surface area contributed by atoms with Crippen LogP contribution in [0.25, 0.3) is 0 Å². The lowest BCUT2D eigenvalue weighted by atomic mass is 9.88. The molecule has 0 aromatic carbocycles. The van der Waals surface area contributed by atoms with Gasteiger partial charge in [0.05, 0.1) is 11.2 Å². The van der Waals surface area contributed by atoms with Crippen LogP contribution in [0.1, 0.15) is 39.3 Å². The Morgan fingerprint density at radius 2 is 1.88 bits per heavy atom. The monoisotopic (exact) mass is 216 g/mol. The first kappa shape index (κ1) is 11.2. The van der Waals surface area contributed by atoms with E-state index in [2.05, 4.69) is 69.4 Å². The molecule has 16 heavy (non-hydrogen) atoms. The van der Waals surface area contributed by atoms with Gasteiger partial charge < -0.3 is 0 Å². The summed E-state index contributed by atoms with van der Waals surface area (Å²) in [5, 5.41) is 4.69. The van der Waals surface area contributed by atoms with Crippen molar-refractivity contribution in [3.05, 3.63) is 42.3 Å². The molecule has 2 heteroatoms. The number of allylic oxidation sites excluding steroid dienone is 4. The third-order valence-electron chi connectivity index (χ3n) is 3.05. The topological polar surface area (TPSA) is 17.8 Å². The molecule has 1 aliphatic rings. The molecule has 0 radical (unpaired) electrons. The van der Waals surface area contributed by atoms with Crippen LogP contribution in [0.15, 0.2) is 36.6 Å². The molecule has 0 spiro atoms. The van der Waals surface area contributed by atoms with E-state index in [1.54, 1.807) is 0 Å². The molecule has 0 bridgehead atoms. The van der Waals surface area contributed by atoms with Crippen LogP contribution in [0, 0.1) is 5.92 Å². The Bertz CT molecular complexity index is 418. The summed E-state index contributed by atoms with van der Waals surface area (Å²) in [6.07, 6.45) is 10.8. The van der Waals surface area contributed by atoms with Crippen molar-refractivity contribution in [2.24, 2.45) is 5.92 Å². The zero-order chi connectivity index (χ0) is 11.8. The van der Waals surface area contributed by atoms with E-state index in [9.17, 15) is 0 Å². The minimum absolute atomic E-state index is 0.0652. The van der Waals surface area contributed by atoms with Crippen LogP contribution in [0.3, 0.4) is 0 Å². The molecule has 0 N–H and O–H groups in total. The molecule has 2 rings (SSSR count). The van der Waals surface area contributed by atoms with Gasteiger partial charge in [0, 0.05) is 12.1 Å². The molecule has 0 aliphatic heterocycles. The van der Waals surface area contributed by atoms with E-state index in [-0.39, 0.29) is 5.54 Å². The van der Waals surface area contributed by atoms with E-state index in [0.29, 0.717) is 11.8 Å². The second-order valence-corrected chi connectivity index (χ2v) is 5.51. The predicted molar refractivity (Wildman–Crippen MR) is 67.4 cm³/mol. The molecule has 1 aliphatic carbocycles. The Morgan fingerprint density at radius 1 is 1.19 bits per heavy atom. The van der Waals surface area contributed by atoms with Crippen molar-refractivity contribution in [3.8, 4) is 0 Å². The summed E-state index contributed by atoms with van der Waals surface area (Å²) in [6.45, 7) is 8.75. The highest BCUT2D eigenvalue weighted by molar-refractivity contribution is 5.24. The maximum atomic E-state index is 4.69. The Labute approximate surface area is 97.7 Å². The molecule has 2 atom stereocenters. The fraction of sp³-hybridized carbons (Fsp3) is 0.500. The molecule has 0 saturated heterocycles. The minimum atomic E-state index is 0.0652. The fourth-order valence-electron chi connectivity index (χ4n) is 1.98. The van der Waals surface area contributed by atoms with Gasteiger partial charge in [-0.3, -0.25) is 4.68 Å². The number of aromatic nitrogens is 2. The summed E-state index contributed by atoms with van der Waals surface area (Å²) < 4.78 is 2.04. The Morgan fingerprint density at radius 3 is 2.44 bits per heavy atom. The van der Waals surface area contributed by atoms with E-state index >= 15 is 0 Å². The lowest BCUT2D eigenvalue weighted by molar-refractivity contribution is 0.351. The predicted octanol–water partition coefficient (Wildman–Crippen LogP) is 3.48. The van der Waals surface area contributed by atoms with Crippen molar-refractivity contribution in [2.45, 2.75) is 39.2 Å². The molecular weight excluding hydrogens is 196 g/mol. The molecule has 2 unspecified atom stereocenters. The first-order valence-electron chi connectivity index (χ1n) is 5.89. The van der Waals surface area contributed by atoms with Crippen molar-refractivity contribution in [1.29, 1.82) is 0 Å². The summed E-state index contributed by atoms with van der Waals surface area (Å²) in [5.74, 6) is 0.960. The summed E-state index contributed by atoms with van der Waals surface area (Å²) >= 11 is 0. The summed E-state index contributed by atoms with van der Waals surface area (Å²) in [5.41, 5.74) is 1.23. The molecule has 0 amide bonds. The molecule has 2 nitrogen and oxygen atoms in total. The molecule has 0 fully saturated rings. The number of hydrogen-bond donors (Lipinski definition) is 0. The number of rotatable bonds is 1. The highest BCUT2D eigenvalue weighted by Crippen LogP contribution is 2.29. The second kappa shape index (κ2) is 3.93. The van der Waals surface area contributed by atoms with Crippen molar-refractivity contribution in [1.82, 2.24) is 9.78 Å². The lowest BCUT2D eigenvalue weighted by Gasteiger charge is -2.21. The Hall–Kier alpha value is -1.31. The largest absolute Gasteiger partial charge is 0.267 e. The van der Waals surface area contributed by atoms with Gasteiger partial charge in [-0.1, -0.05) is 31.2 Å². The van der Waals surface area contributed by atoms with E-state index in [1.165, 1.54) is 5.69 Å². The third kappa shape index (κ3) is 2.11. The van der Waals surface area contributed by atoms with Gasteiger partial charge in [0.2, 0.25) is 0 Å². The first-order chi connectivity index (χ1) is 7.48. The van der Waals surface area contributed by atoms with Crippen LogP contribution < -0.4 is 0 Å². The van der Waals surface area contributed by atoms with Gasteiger partial charge >= 0.3 is 0 Å². The average molecular weight is 216 g/mol. The summed E-state index contributed by atoms with van der Waals surface area (Å²) in [7, 11) is 0. The standard InChI is InChI=1S/C14H20N2/c1-11-7-5-6-8-12(11)13-9-10-16(15-13)14(2,3)4/h5-12H,1-4H3. The van der Waals surface area contributed by atoms with Crippen LogP contribution in [0.5, 0.6) is 0 Å². The van der Waals surface area contributed by atoms with Crippen LogP contribution in [-0.4, -0.2) is 9.78 Å². The first-order valence-corrected chi connectivity index (χ1v) is 5.89. The van der Waals surface area contributed by atoms with E-state index < -0.39 is 0 Å². The fourth-order valence-corrected chi connectivity index (χ4v) is 1.98. The Balaban J connectivity index is 2.25. The summed E-state index contributed by atoms with van der Waals surface area (Å²) in [6, 6.07) is 2.13. The highest BCUT2D eigenvalue weighted by atomic mass is 15.3. The highest BCUT2D eigenvalue weighted by Gasteiger charge is 2.21. The van der Waals surface area contributed by atoms with Gasteiger partial charge in [-0.25, -0.2) is 0 Å². The minimum Gasteiger partial charge on any atom is -0.267 e. The van der Waals surface area contributed by atoms with E-state index in [4.69, 9.17) is 0 Å². The third-order valence-corrected chi connectivity index (χ3v) is 3.05. The van der Waals surface area contributed by atoms with Crippen molar-refractivity contribution < 1.29 is 0 Å². The van der Waals surface area contributed by atoms with Crippen LogP contribution in [0.4, 0.5) is 0 Å². The summed E-state index contributed by atoms with van der Waals surface area (Å²) in [4.78, 5) is 0. The normalized spacial score (nSPS) is 25.0. The van der Waals surface area contributed by atoms with Crippen LogP contribution in [0.2, 0.25) is 0 Å². The molecular formula is C14H20N2. The van der Waals surface area contributed by atoms with Gasteiger partial charge in [-0.05, 0) is 32.8 Å². The molecule has 1 heterocycles. The van der Waals surface area contributed by atoms with Crippen molar-refractivity contribution >= 4 is 0 Å². The van der Waals surface area contributed by atoms with Crippen LogP contribution in [-0.2, 0) is 5.54 Å². The maximum absolute atomic E-state index is 4.69. The van der Waals surface area contributed by atoms with Crippen LogP contribution >= 0.6 is 0 Å². The van der Waals surface area contributed by atoms with Gasteiger partial charge in [0.1, 0.15) is 0 Å². The second-order valence-electron chi connectivity index (χ2n) is 5.51. The molecule has 1 aromatic heterocycles. The molecule has 0 saturated carbocycles. The zero-order valence-electron chi connectivity index (χ0n) is 10.5. The number of nitrogens with zero attached hydrogens (tertiary/aromatic N) is 2. The van der Waals surface area contributed by atoms with Crippen molar-refractivity contribution in [2.75, 3.05) is 0 Å². The van der Waals surface area contributed by atoms with Gasteiger partial charge in [-0.2, -0.15) is 5.10 Å². The van der Waals surface area contributed by atoms with Gasteiger partial charge in [0.25, 0.3) is 0 Å². The van der Waals surface area contributed by atoms with Crippen molar-refractivity contribution in [3.63, 3.8) is 0 Å². The van der Waals surface area contributed by atoms with E-state index in [1.807, 2.05) is 4.68 Å². The van der Waals surface area contributed by atoms with Gasteiger partial charge in [0.15, 0.2) is 0 Å².